The first-order chi connectivity index (χ1) is 17.7. The summed E-state index contributed by atoms with van der Waals surface area (Å²) < 4.78 is 0. The molecule has 184 valence electrons. The third kappa shape index (κ3) is 5.21. The Morgan fingerprint density at radius 3 is 1.11 bits per heavy atom. The molecule has 4 N–H and O–H groups in total. The number of hydrogen-bond acceptors (Lipinski definition) is 5. The van der Waals surface area contributed by atoms with Gasteiger partial charge in [0.25, 0.3) is 0 Å². The maximum Gasteiger partial charge on any atom is 0.337 e. The topological polar surface area (TPSA) is 149 Å². The molecule has 0 aliphatic rings. The minimum absolute atomic E-state index is 0.279. The molecule has 0 aliphatic heterocycles. The SMILES string of the molecule is O=C(O)c1cccc(-c2ccc(Sc3ccc(-c4cccc(C(=O)O)c4C(=O)O)cc3)cc2)c1C(=O)O. The average molecular weight is 515 g/mol. The van der Waals surface area contributed by atoms with E-state index in [1.54, 1.807) is 60.7 Å². The van der Waals surface area contributed by atoms with Gasteiger partial charge in [-0.3, -0.25) is 0 Å². The zero-order chi connectivity index (χ0) is 26.7. The van der Waals surface area contributed by atoms with Crippen molar-refractivity contribution < 1.29 is 39.6 Å². The average Bonchev–Trinajstić information content (AvgIpc) is 2.88. The summed E-state index contributed by atoms with van der Waals surface area (Å²) in [6.45, 7) is 0. The van der Waals surface area contributed by atoms with Gasteiger partial charge in [-0.2, -0.15) is 0 Å². The molecule has 4 aromatic carbocycles. The van der Waals surface area contributed by atoms with E-state index in [2.05, 4.69) is 0 Å². The summed E-state index contributed by atoms with van der Waals surface area (Å²) in [7, 11) is 0. The Morgan fingerprint density at radius 2 is 0.811 bits per heavy atom. The normalized spacial score (nSPS) is 10.6. The van der Waals surface area contributed by atoms with E-state index in [4.69, 9.17) is 0 Å². The Morgan fingerprint density at radius 1 is 0.459 bits per heavy atom. The minimum atomic E-state index is -1.33. The highest BCUT2D eigenvalue weighted by Gasteiger charge is 2.22. The number of benzene rings is 4. The quantitative estimate of drug-likeness (QED) is 0.223. The summed E-state index contributed by atoms with van der Waals surface area (Å²) >= 11 is 1.41. The number of carboxylic acid groups (broad SMARTS) is 4. The predicted octanol–water partition coefficient (Wildman–Crippen LogP) is 5.96. The lowest BCUT2D eigenvalue weighted by molar-refractivity contribution is 0.0652. The van der Waals surface area contributed by atoms with Crippen LogP contribution in [0.5, 0.6) is 0 Å². The van der Waals surface area contributed by atoms with Crippen LogP contribution in [-0.4, -0.2) is 44.3 Å². The molecule has 8 nitrogen and oxygen atoms in total. The van der Waals surface area contributed by atoms with Gasteiger partial charge in [0, 0.05) is 9.79 Å². The summed E-state index contributed by atoms with van der Waals surface area (Å²) in [6, 6.07) is 22.6. The van der Waals surface area contributed by atoms with E-state index < -0.39 is 23.9 Å². The maximum atomic E-state index is 11.7. The maximum absolute atomic E-state index is 11.7. The van der Waals surface area contributed by atoms with Crippen molar-refractivity contribution >= 4 is 35.6 Å². The number of carbonyl (C=O) groups is 4. The van der Waals surface area contributed by atoms with Gasteiger partial charge in [-0.05, 0) is 58.7 Å². The number of hydrogen-bond donors (Lipinski definition) is 4. The van der Waals surface area contributed by atoms with Gasteiger partial charge in [0.15, 0.2) is 0 Å². The van der Waals surface area contributed by atoms with E-state index in [0.29, 0.717) is 22.3 Å². The van der Waals surface area contributed by atoms with Gasteiger partial charge in [-0.15, -0.1) is 0 Å². The van der Waals surface area contributed by atoms with Gasteiger partial charge in [-0.1, -0.05) is 60.3 Å². The van der Waals surface area contributed by atoms with Gasteiger partial charge in [0.2, 0.25) is 0 Å². The third-order valence-corrected chi connectivity index (χ3v) is 6.60. The van der Waals surface area contributed by atoms with Crippen molar-refractivity contribution in [1.29, 1.82) is 0 Å². The van der Waals surface area contributed by atoms with Crippen LogP contribution in [0.3, 0.4) is 0 Å². The number of rotatable bonds is 8. The first-order valence-electron chi connectivity index (χ1n) is 10.7. The second kappa shape index (κ2) is 10.4. The first kappa shape index (κ1) is 25.2. The molecule has 0 saturated carbocycles. The largest absolute Gasteiger partial charge is 0.478 e. The van der Waals surface area contributed by atoms with E-state index >= 15 is 0 Å². The molecule has 0 heterocycles. The fraction of sp³-hybridized carbons (Fsp3) is 0. The van der Waals surface area contributed by atoms with E-state index in [-0.39, 0.29) is 22.3 Å². The molecule has 0 amide bonds. The lowest BCUT2D eigenvalue weighted by Crippen LogP contribution is -2.09. The summed E-state index contributed by atoms with van der Waals surface area (Å²) in [5.41, 5.74) is 0.570. The molecule has 0 unspecified atom stereocenters. The summed E-state index contributed by atoms with van der Waals surface area (Å²) in [4.78, 5) is 48.1. The summed E-state index contributed by atoms with van der Waals surface area (Å²) in [6.07, 6.45) is 0. The van der Waals surface area contributed by atoms with Crippen LogP contribution in [0.4, 0.5) is 0 Å². The molecule has 4 rings (SSSR count). The van der Waals surface area contributed by atoms with Crippen molar-refractivity contribution in [1.82, 2.24) is 0 Å². The lowest BCUT2D eigenvalue weighted by Gasteiger charge is -2.11. The highest BCUT2D eigenvalue weighted by atomic mass is 32.2. The highest BCUT2D eigenvalue weighted by Crippen LogP contribution is 2.34. The molecule has 0 atom stereocenters. The van der Waals surface area contributed by atoms with Gasteiger partial charge in [-0.25, -0.2) is 19.2 Å². The molecule has 9 heteroatoms. The molecule has 0 saturated heterocycles. The van der Waals surface area contributed by atoms with Crippen molar-refractivity contribution in [3.63, 3.8) is 0 Å². The molecule has 0 aliphatic carbocycles. The van der Waals surface area contributed by atoms with Crippen molar-refractivity contribution in [3.05, 3.63) is 107 Å². The van der Waals surface area contributed by atoms with Crippen LogP contribution >= 0.6 is 11.8 Å². The molecule has 0 radical (unpaired) electrons. The van der Waals surface area contributed by atoms with Gasteiger partial charge in [0.05, 0.1) is 22.3 Å². The predicted molar refractivity (Wildman–Crippen MR) is 136 cm³/mol. The van der Waals surface area contributed by atoms with Crippen molar-refractivity contribution in [2.24, 2.45) is 0 Å². The summed E-state index contributed by atoms with van der Waals surface area (Å²) in [5, 5.41) is 37.8. The molecular weight excluding hydrogens is 496 g/mol. The molecular formula is C28H18O8S. The van der Waals surface area contributed by atoms with Crippen LogP contribution in [0.25, 0.3) is 22.3 Å². The van der Waals surface area contributed by atoms with Crippen LogP contribution in [0.2, 0.25) is 0 Å². The summed E-state index contributed by atoms with van der Waals surface area (Å²) in [5.74, 6) is -5.29. The van der Waals surface area contributed by atoms with Crippen LogP contribution < -0.4 is 0 Å². The third-order valence-electron chi connectivity index (χ3n) is 5.58. The van der Waals surface area contributed by atoms with Crippen LogP contribution in [0.15, 0.2) is 94.7 Å². The lowest BCUT2D eigenvalue weighted by atomic mass is 9.95. The molecule has 4 aromatic rings. The Bertz CT molecular complexity index is 1420. The van der Waals surface area contributed by atoms with Crippen LogP contribution in [0, 0.1) is 0 Å². The van der Waals surface area contributed by atoms with Gasteiger partial charge in [0.1, 0.15) is 0 Å². The van der Waals surface area contributed by atoms with E-state index in [9.17, 15) is 39.6 Å². The molecule has 0 bridgehead atoms. The fourth-order valence-electron chi connectivity index (χ4n) is 3.94. The van der Waals surface area contributed by atoms with Crippen LogP contribution in [-0.2, 0) is 0 Å². The Balaban J connectivity index is 1.59. The molecule has 0 aromatic heterocycles. The van der Waals surface area contributed by atoms with Crippen molar-refractivity contribution in [2.45, 2.75) is 9.79 Å². The van der Waals surface area contributed by atoms with Gasteiger partial charge >= 0.3 is 23.9 Å². The van der Waals surface area contributed by atoms with E-state index in [1.807, 2.05) is 0 Å². The number of carboxylic acids is 4. The molecule has 37 heavy (non-hydrogen) atoms. The highest BCUT2D eigenvalue weighted by molar-refractivity contribution is 7.99. The number of aromatic carboxylic acids is 4. The Kier molecular flexibility index (Phi) is 7.08. The minimum Gasteiger partial charge on any atom is -0.478 e. The second-order valence-corrected chi connectivity index (χ2v) is 8.97. The van der Waals surface area contributed by atoms with Gasteiger partial charge < -0.3 is 20.4 Å². The smallest absolute Gasteiger partial charge is 0.337 e. The van der Waals surface area contributed by atoms with Crippen molar-refractivity contribution in [3.8, 4) is 22.3 Å². The standard InChI is InChI=1S/C28H18O8S/c29-25(30)21-5-1-3-19(23(21)27(33)34)15-7-11-17(12-8-15)37-18-13-9-16(10-14-18)20-4-2-6-22(26(31)32)24(20)28(35)36/h1-14H,(H,29,30)(H,31,32)(H,33,34)(H,35,36). The molecule has 0 fully saturated rings. The Labute approximate surface area is 214 Å². The zero-order valence-corrected chi connectivity index (χ0v) is 19.7. The Hall–Kier alpha value is -4.89. The van der Waals surface area contributed by atoms with E-state index in [1.165, 1.54) is 36.0 Å². The van der Waals surface area contributed by atoms with E-state index in [0.717, 1.165) is 9.79 Å². The van der Waals surface area contributed by atoms with Crippen molar-refractivity contribution in [2.75, 3.05) is 0 Å². The fourth-order valence-corrected chi connectivity index (χ4v) is 4.76. The van der Waals surface area contributed by atoms with Crippen LogP contribution in [0.1, 0.15) is 41.4 Å². The first-order valence-corrected chi connectivity index (χ1v) is 11.6. The molecule has 0 spiro atoms. The monoisotopic (exact) mass is 514 g/mol. The second-order valence-electron chi connectivity index (χ2n) is 7.83. The zero-order valence-electron chi connectivity index (χ0n) is 18.9.